The van der Waals surface area contributed by atoms with Gasteiger partial charge in [0.05, 0.1) is 18.4 Å². The maximum atomic E-state index is 13.1. The first-order valence-electron chi connectivity index (χ1n) is 10.3. The van der Waals surface area contributed by atoms with Gasteiger partial charge in [0.15, 0.2) is 5.82 Å². The van der Waals surface area contributed by atoms with E-state index in [1.807, 2.05) is 30.8 Å². The van der Waals surface area contributed by atoms with Crippen LogP contribution in [-0.4, -0.2) is 87.5 Å². The van der Waals surface area contributed by atoms with Gasteiger partial charge in [-0.3, -0.25) is 4.72 Å². The van der Waals surface area contributed by atoms with Crippen LogP contribution in [0.15, 0.2) is 35.4 Å². The summed E-state index contributed by atoms with van der Waals surface area (Å²) in [6.07, 6.45) is -3.88. The molecule has 2 aromatic rings. The number of hydrogen-bond acceptors (Lipinski definition) is 8. The first-order chi connectivity index (χ1) is 17.0. The fourth-order valence-corrected chi connectivity index (χ4v) is 4.18. The normalized spacial score (nSPS) is 11.4. The summed E-state index contributed by atoms with van der Waals surface area (Å²) in [6, 6.07) is 5.47. The number of sulfonamides is 1. The number of nitrogens with one attached hydrogen (secondary N) is 1. The molecule has 16 heteroatoms. The number of likely N-dealkylation sites (N-methyl/N-ethyl adjacent to an activating group) is 2. The zero-order chi connectivity index (χ0) is 28.6. The van der Waals surface area contributed by atoms with Crippen LogP contribution in [0.1, 0.15) is 17.3 Å². The number of hydrogen-bond donors (Lipinski definition) is 3. The van der Waals surface area contributed by atoms with Crippen LogP contribution in [0.4, 0.5) is 24.7 Å². The first kappa shape index (κ1) is 31.7. The van der Waals surface area contributed by atoms with E-state index in [0.717, 1.165) is 0 Å². The fraction of sp³-hybridized carbons (Fsp3) is 0.381. The Balaban J connectivity index is 0.000000856. The van der Waals surface area contributed by atoms with Crippen LogP contribution in [-0.2, 0) is 14.8 Å². The minimum absolute atomic E-state index is 0.0533. The summed E-state index contributed by atoms with van der Waals surface area (Å²) in [7, 11) is 1.04. The van der Waals surface area contributed by atoms with E-state index in [1.165, 1.54) is 37.6 Å². The number of nitrogens with zero attached hydrogens (tertiary/aromatic N) is 3. The lowest BCUT2D eigenvalue weighted by Crippen LogP contribution is -2.33. The second-order valence-corrected chi connectivity index (χ2v) is 9.57. The molecule has 1 aromatic carbocycles. The Morgan fingerprint density at radius 3 is 2.22 bits per heavy atom. The van der Waals surface area contributed by atoms with E-state index in [1.54, 1.807) is 0 Å². The van der Waals surface area contributed by atoms with Crippen LogP contribution in [0.25, 0.3) is 0 Å². The van der Waals surface area contributed by atoms with Gasteiger partial charge in [-0.05, 0) is 45.3 Å². The topological polar surface area (TPSA) is 149 Å². The molecule has 0 aliphatic heterocycles. The zero-order valence-corrected chi connectivity index (χ0v) is 21.8. The average Bonchev–Trinajstić information content (AvgIpc) is 2.79. The number of pyridine rings is 1. The third-order valence-corrected chi connectivity index (χ3v) is 6.14. The van der Waals surface area contributed by atoms with Gasteiger partial charge in [0.25, 0.3) is 10.0 Å². The summed E-state index contributed by atoms with van der Waals surface area (Å²) < 4.78 is 65.5. The highest BCUT2D eigenvalue weighted by molar-refractivity contribution is 7.92. The van der Waals surface area contributed by atoms with Crippen molar-refractivity contribution in [1.82, 2.24) is 9.88 Å². The number of aromatic carboxylic acids is 1. The number of aromatic nitrogens is 1. The van der Waals surface area contributed by atoms with Crippen LogP contribution in [0, 0.1) is 0 Å². The molecule has 206 valence electrons. The Morgan fingerprint density at radius 2 is 1.76 bits per heavy atom. The van der Waals surface area contributed by atoms with Crippen molar-refractivity contribution in [1.29, 1.82) is 0 Å². The molecule has 0 bridgehead atoms. The van der Waals surface area contributed by atoms with Gasteiger partial charge in [0.1, 0.15) is 10.6 Å². The smallest absolute Gasteiger partial charge is 0.490 e. The highest BCUT2D eigenvalue weighted by Gasteiger charge is 2.38. The maximum absolute atomic E-state index is 13.1. The predicted octanol–water partition coefficient (Wildman–Crippen LogP) is 3.26. The lowest BCUT2D eigenvalue weighted by atomic mass is 10.2. The number of carbonyl (C=O) groups is 2. The molecule has 11 nitrogen and oxygen atoms in total. The summed E-state index contributed by atoms with van der Waals surface area (Å²) in [5.74, 6) is -3.54. The van der Waals surface area contributed by atoms with Crippen LogP contribution >= 0.6 is 11.6 Å². The molecule has 1 aromatic heterocycles. The van der Waals surface area contributed by atoms with E-state index in [0.29, 0.717) is 25.5 Å². The standard InChI is InChI=1S/C19H25ClN4O5S.C2HF3O2/c1-5-24(9-8-23(2)3)18-15(10-13(12-21-18)19(25)26)22-30(27,28)17-11-14(20)6-7-16(17)29-4;3-2(4,5)1(6)7/h6-7,10-12,22H,5,8-9H2,1-4H3,(H,25,26);(H,6,7). The van der Waals surface area contributed by atoms with Gasteiger partial charge in [-0.1, -0.05) is 11.6 Å². The number of aliphatic carboxylic acids is 1. The van der Waals surface area contributed by atoms with Crippen LogP contribution in [0.2, 0.25) is 5.02 Å². The minimum atomic E-state index is -5.08. The molecular formula is C21H26ClF3N4O7S. The summed E-state index contributed by atoms with van der Waals surface area (Å²) in [5.41, 5.74) is -0.0873. The third kappa shape index (κ3) is 9.59. The molecule has 1 heterocycles. The Labute approximate surface area is 216 Å². The van der Waals surface area contributed by atoms with Crippen molar-refractivity contribution in [2.75, 3.05) is 50.5 Å². The minimum Gasteiger partial charge on any atom is -0.495 e. The number of carboxylic acid groups (broad SMARTS) is 2. The van der Waals surface area contributed by atoms with Crippen molar-refractivity contribution < 1.29 is 46.1 Å². The summed E-state index contributed by atoms with van der Waals surface area (Å²) in [6.45, 7) is 3.71. The number of rotatable bonds is 10. The molecule has 0 spiro atoms. The summed E-state index contributed by atoms with van der Waals surface area (Å²) >= 11 is 5.97. The molecule has 2 rings (SSSR count). The van der Waals surface area contributed by atoms with Gasteiger partial charge in [-0.15, -0.1) is 0 Å². The van der Waals surface area contributed by atoms with Crippen LogP contribution < -0.4 is 14.4 Å². The average molecular weight is 571 g/mol. The molecule has 0 aliphatic rings. The van der Waals surface area contributed by atoms with Gasteiger partial charge >= 0.3 is 18.1 Å². The molecule has 0 radical (unpaired) electrons. The Hall–Kier alpha value is -3.30. The largest absolute Gasteiger partial charge is 0.495 e. The molecule has 0 aliphatic carbocycles. The predicted molar refractivity (Wildman–Crippen MR) is 130 cm³/mol. The Kier molecular flexibility index (Phi) is 11.4. The van der Waals surface area contributed by atoms with E-state index in [2.05, 4.69) is 9.71 Å². The second kappa shape index (κ2) is 13.3. The van der Waals surface area contributed by atoms with Crippen molar-refractivity contribution in [3.63, 3.8) is 0 Å². The molecule has 0 unspecified atom stereocenters. The molecule has 0 saturated carbocycles. The van der Waals surface area contributed by atoms with Gasteiger partial charge in [-0.25, -0.2) is 23.0 Å². The maximum Gasteiger partial charge on any atom is 0.490 e. The number of alkyl halides is 3. The monoisotopic (exact) mass is 570 g/mol. The van der Waals surface area contributed by atoms with Gasteiger partial charge in [-0.2, -0.15) is 13.2 Å². The molecule has 0 atom stereocenters. The SMILES string of the molecule is CCN(CCN(C)C)c1ncc(C(=O)O)cc1NS(=O)(=O)c1cc(Cl)ccc1OC.O=C(O)C(F)(F)F. The fourth-order valence-electron chi connectivity index (χ4n) is 2.70. The van der Waals surface area contributed by atoms with E-state index >= 15 is 0 Å². The lowest BCUT2D eigenvalue weighted by Gasteiger charge is -2.26. The van der Waals surface area contributed by atoms with E-state index in [9.17, 15) is 31.5 Å². The first-order valence-corrected chi connectivity index (χ1v) is 12.2. The van der Waals surface area contributed by atoms with Gasteiger partial charge in [0.2, 0.25) is 0 Å². The molecule has 37 heavy (non-hydrogen) atoms. The Morgan fingerprint density at radius 1 is 1.16 bits per heavy atom. The van der Waals surface area contributed by atoms with Crippen molar-refractivity contribution in [3.05, 3.63) is 41.0 Å². The Bertz CT molecular complexity index is 1210. The molecule has 0 saturated heterocycles. The van der Waals surface area contributed by atoms with E-state index in [-0.39, 0.29) is 26.9 Å². The van der Waals surface area contributed by atoms with Crippen molar-refractivity contribution in [2.45, 2.75) is 18.0 Å². The number of benzene rings is 1. The molecular weight excluding hydrogens is 545 g/mol. The van der Waals surface area contributed by atoms with Crippen LogP contribution in [0.3, 0.4) is 0 Å². The zero-order valence-electron chi connectivity index (χ0n) is 20.2. The number of methoxy groups -OCH3 is 1. The molecule has 0 amide bonds. The van der Waals surface area contributed by atoms with Gasteiger partial charge < -0.3 is 24.7 Å². The van der Waals surface area contributed by atoms with Crippen molar-refractivity contribution in [2.24, 2.45) is 0 Å². The van der Waals surface area contributed by atoms with Crippen LogP contribution in [0.5, 0.6) is 5.75 Å². The summed E-state index contributed by atoms with van der Waals surface area (Å²) in [5, 5.41) is 16.7. The van der Waals surface area contributed by atoms with Gasteiger partial charge in [0, 0.05) is 30.9 Å². The summed E-state index contributed by atoms with van der Waals surface area (Å²) in [4.78, 5) is 28.2. The number of halogens is 4. The number of carboxylic acids is 2. The van der Waals surface area contributed by atoms with Crippen molar-refractivity contribution in [3.8, 4) is 5.75 Å². The van der Waals surface area contributed by atoms with E-state index in [4.69, 9.17) is 26.2 Å². The molecule has 3 N–H and O–H groups in total. The molecule has 0 fully saturated rings. The number of anilines is 2. The van der Waals surface area contributed by atoms with E-state index < -0.39 is 28.1 Å². The lowest BCUT2D eigenvalue weighted by molar-refractivity contribution is -0.192. The number of ether oxygens (including phenoxy) is 1. The third-order valence-electron chi connectivity index (χ3n) is 4.51. The quantitative estimate of drug-likeness (QED) is 0.388. The van der Waals surface area contributed by atoms with Crippen molar-refractivity contribution >= 4 is 45.1 Å². The highest BCUT2D eigenvalue weighted by Crippen LogP contribution is 2.32. The second-order valence-electron chi connectivity index (χ2n) is 7.49. The highest BCUT2D eigenvalue weighted by atomic mass is 35.5.